The third-order valence-corrected chi connectivity index (χ3v) is 6.24. The lowest BCUT2D eigenvalue weighted by Gasteiger charge is -2.17. The maximum atomic E-state index is 12.7. The summed E-state index contributed by atoms with van der Waals surface area (Å²) in [6.07, 6.45) is 0.617. The second-order valence-electron chi connectivity index (χ2n) is 7.86. The van der Waals surface area contributed by atoms with Gasteiger partial charge in [-0.25, -0.2) is 4.79 Å². The molecule has 0 amide bonds. The van der Waals surface area contributed by atoms with E-state index in [0.717, 1.165) is 28.1 Å². The number of benzene rings is 4. The summed E-state index contributed by atoms with van der Waals surface area (Å²) in [5.41, 5.74) is 2.59. The average molecular weight is 417 g/mol. The van der Waals surface area contributed by atoms with Crippen LogP contribution in [0.1, 0.15) is 60.7 Å². The van der Waals surface area contributed by atoms with Crippen LogP contribution in [0.5, 0.6) is 0 Å². The lowest BCUT2D eigenvalue weighted by Crippen LogP contribution is -2.10. The monoisotopic (exact) mass is 416 g/mol. The summed E-state index contributed by atoms with van der Waals surface area (Å²) in [5, 5.41) is 5.12. The highest BCUT2D eigenvalue weighted by Crippen LogP contribution is 2.34. The summed E-state index contributed by atoms with van der Waals surface area (Å²) in [6.45, 7) is 6.20. The molecule has 0 N–H and O–H groups in total. The molecule has 0 spiro atoms. The number of hydrogen-bond donors (Lipinski definition) is 0. The molecule has 0 heterocycles. The molecule has 0 aliphatic carbocycles. The molecule has 0 saturated carbocycles. The third kappa shape index (κ3) is 3.93. The van der Waals surface area contributed by atoms with Crippen molar-refractivity contribution in [3.05, 3.63) is 94.5 Å². The summed E-state index contributed by atoms with van der Waals surface area (Å²) >= 11 is 6.61. The number of ether oxygens (including phenoxy) is 1. The van der Waals surface area contributed by atoms with E-state index >= 15 is 0 Å². The molecule has 0 fully saturated rings. The molecule has 4 aromatic carbocycles. The van der Waals surface area contributed by atoms with Gasteiger partial charge in [-0.3, -0.25) is 0 Å². The number of carbonyl (C=O) groups is 1. The fourth-order valence-corrected chi connectivity index (χ4v) is 4.15. The number of halogens is 1. The number of fused-ring (bicyclic) bond motifs is 3. The molecule has 0 radical (unpaired) electrons. The van der Waals surface area contributed by atoms with E-state index in [-0.39, 0.29) is 5.97 Å². The van der Waals surface area contributed by atoms with Gasteiger partial charge in [0.2, 0.25) is 0 Å². The Bertz CT molecular complexity index is 1210. The molecule has 2 nitrogen and oxygen atoms in total. The fraction of sp³-hybridized carbons (Fsp3) is 0.222. The number of carbonyl (C=O) groups excluding carboxylic acids is 1. The minimum absolute atomic E-state index is 0.340. The van der Waals surface area contributed by atoms with Gasteiger partial charge in [-0.15, -0.1) is 0 Å². The lowest BCUT2D eigenvalue weighted by atomic mass is 9.97. The van der Waals surface area contributed by atoms with Crippen LogP contribution in [0, 0.1) is 0 Å². The van der Waals surface area contributed by atoms with Crippen LogP contribution in [0.2, 0.25) is 5.02 Å². The first-order valence-corrected chi connectivity index (χ1v) is 10.8. The van der Waals surface area contributed by atoms with Gasteiger partial charge < -0.3 is 4.74 Å². The Labute approximate surface area is 182 Å². The van der Waals surface area contributed by atoms with Crippen LogP contribution in [0.25, 0.3) is 21.5 Å². The van der Waals surface area contributed by atoms with Crippen molar-refractivity contribution < 1.29 is 9.53 Å². The molecule has 3 heteroatoms. The molecule has 0 aliphatic rings. The van der Waals surface area contributed by atoms with Crippen LogP contribution in [-0.2, 0) is 4.74 Å². The molecule has 0 aromatic heterocycles. The van der Waals surface area contributed by atoms with E-state index in [1.807, 2.05) is 55.5 Å². The van der Waals surface area contributed by atoms with Crippen LogP contribution >= 0.6 is 11.6 Å². The molecule has 0 aliphatic heterocycles. The van der Waals surface area contributed by atoms with Crippen LogP contribution in [0.15, 0.2) is 72.8 Å². The minimum Gasteiger partial charge on any atom is -0.454 e. The standard InChI is InChI=1S/C27H25ClO2/c1-4-17(2)19-9-12-21(13-10-19)27(29)30-18(3)24-15-22-14-11-20-7-5-6-8-23(20)25(22)16-26(24)28/h5-18H,4H2,1-3H3. The highest BCUT2D eigenvalue weighted by Gasteiger charge is 2.18. The van der Waals surface area contributed by atoms with E-state index in [1.54, 1.807) is 0 Å². The Morgan fingerprint density at radius 3 is 2.33 bits per heavy atom. The first-order valence-electron chi connectivity index (χ1n) is 10.4. The first kappa shape index (κ1) is 20.4. The van der Waals surface area contributed by atoms with E-state index in [2.05, 4.69) is 38.1 Å². The Balaban J connectivity index is 1.59. The number of hydrogen-bond acceptors (Lipinski definition) is 2. The normalized spacial score (nSPS) is 13.3. The van der Waals surface area contributed by atoms with Gasteiger partial charge >= 0.3 is 5.97 Å². The van der Waals surface area contributed by atoms with E-state index in [9.17, 15) is 4.79 Å². The quantitative estimate of drug-likeness (QED) is 0.243. The molecule has 30 heavy (non-hydrogen) atoms. The minimum atomic E-state index is -0.449. The highest BCUT2D eigenvalue weighted by molar-refractivity contribution is 6.32. The molecule has 0 bridgehead atoms. The van der Waals surface area contributed by atoms with Crippen molar-refractivity contribution in [1.82, 2.24) is 0 Å². The lowest BCUT2D eigenvalue weighted by molar-refractivity contribution is 0.0338. The van der Waals surface area contributed by atoms with Crippen molar-refractivity contribution in [2.24, 2.45) is 0 Å². The van der Waals surface area contributed by atoms with Crippen LogP contribution in [0.3, 0.4) is 0 Å². The Hall–Kier alpha value is -2.84. The van der Waals surface area contributed by atoms with Gasteiger partial charge in [0, 0.05) is 10.6 Å². The maximum absolute atomic E-state index is 12.7. The second kappa shape index (κ2) is 8.49. The highest BCUT2D eigenvalue weighted by atomic mass is 35.5. The second-order valence-corrected chi connectivity index (χ2v) is 8.27. The largest absolute Gasteiger partial charge is 0.454 e. The topological polar surface area (TPSA) is 26.3 Å². The predicted octanol–water partition coefficient (Wildman–Crippen LogP) is 8.08. The van der Waals surface area contributed by atoms with Crippen molar-refractivity contribution in [2.45, 2.75) is 39.2 Å². The Kier molecular flexibility index (Phi) is 5.78. The molecule has 2 unspecified atom stereocenters. The maximum Gasteiger partial charge on any atom is 0.338 e. The van der Waals surface area contributed by atoms with Gasteiger partial charge in [-0.05, 0) is 70.6 Å². The molecule has 4 rings (SSSR count). The smallest absolute Gasteiger partial charge is 0.338 e. The molecule has 2 atom stereocenters. The number of esters is 1. The van der Waals surface area contributed by atoms with Crippen molar-refractivity contribution >= 4 is 39.1 Å². The summed E-state index contributed by atoms with van der Waals surface area (Å²) in [6, 6.07) is 24.1. The van der Waals surface area contributed by atoms with Crippen LogP contribution < -0.4 is 0 Å². The van der Waals surface area contributed by atoms with E-state index in [0.29, 0.717) is 16.5 Å². The summed E-state index contributed by atoms with van der Waals surface area (Å²) < 4.78 is 5.74. The molecule has 4 aromatic rings. The average Bonchev–Trinajstić information content (AvgIpc) is 2.78. The SMILES string of the molecule is CCC(C)c1ccc(C(=O)OC(C)c2cc3ccc4ccccc4c3cc2Cl)cc1. The zero-order valence-electron chi connectivity index (χ0n) is 17.5. The summed E-state index contributed by atoms with van der Waals surface area (Å²) in [4.78, 5) is 12.7. The third-order valence-electron chi connectivity index (χ3n) is 5.91. The first-order chi connectivity index (χ1) is 14.5. The molecule has 152 valence electrons. The van der Waals surface area contributed by atoms with Crippen LogP contribution in [0.4, 0.5) is 0 Å². The zero-order valence-corrected chi connectivity index (χ0v) is 18.2. The number of rotatable bonds is 5. The molecular formula is C27H25ClO2. The van der Waals surface area contributed by atoms with Gasteiger partial charge in [0.25, 0.3) is 0 Å². The van der Waals surface area contributed by atoms with Crippen molar-refractivity contribution in [1.29, 1.82) is 0 Å². The summed E-state index contributed by atoms with van der Waals surface area (Å²) in [7, 11) is 0. The Morgan fingerprint density at radius 2 is 1.60 bits per heavy atom. The van der Waals surface area contributed by atoms with Gasteiger partial charge in [0.15, 0.2) is 0 Å². The van der Waals surface area contributed by atoms with Gasteiger partial charge in [-0.2, -0.15) is 0 Å². The van der Waals surface area contributed by atoms with Crippen LogP contribution in [-0.4, -0.2) is 5.97 Å². The van der Waals surface area contributed by atoms with Crippen molar-refractivity contribution in [3.63, 3.8) is 0 Å². The van der Waals surface area contributed by atoms with E-state index < -0.39 is 6.10 Å². The van der Waals surface area contributed by atoms with Crippen molar-refractivity contribution in [2.75, 3.05) is 0 Å². The predicted molar refractivity (Wildman–Crippen MR) is 125 cm³/mol. The fourth-order valence-electron chi connectivity index (χ4n) is 3.83. The van der Waals surface area contributed by atoms with Gasteiger partial charge in [-0.1, -0.05) is 74.0 Å². The molecule has 0 saturated heterocycles. The van der Waals surface area contributed by atoms with Gasteiger partial charge in [0.1, 0.15) is 6.10 Å². The van der Waals surface area contributed by atoms with Crippen molar-refractivity contribution in [3.8, 4) is 0 Å². The molecular weight excluding hydrogens is 392 g/mol. The van der Waals surface area contributed by atoms with Gasteiger partial charge in [0.05, 0.1) is 5.56 Å². The zero-order chi connectivity index (χ0) is 21.3. The Morgan fingerprint density at radius 1 is 0.900 bits per heavy atom. The summed E-state index contributed by atoms with van der Waals surface area (Å²) in [5.74, 6) is 0.134. The van der Waals surface area contributed by atoms with E-state index in [4.69, 9.17) is 16.3 Å². The van der Waals surface area contributed by atoms with E-state index in [1.165, 1.54) is 10.9 Å².